The predicted octanol–water partition coefficient (Wildman–Crippen LogP) is 5.25. The van der Waals surface area contributed by atoms with Gasteiger partial charge in [0.1, 0.15) is 0 Å². The Kier molecular flexibility index (Phi) is 7.55. The summed E-state index contributed by atoms with van der Waals surface area (Å²) in [6.45, 7) is 9.84. The fraction of sp³-hybridized carbons (Fsp3) is 0.647. The predicted molar refractivity (Wildman–Crippen MR) is 87.9 cm³/mol. The molecule has 1 N–H and O–H groups in total. The molecule has 1 nitrogen and oxygen atoms in total. The molecule has 1 aromatic carbocycles. The summed E-state index contributed by atoms with van der Waals surface area (Å²) in [6.07, 6.45) is 5.40. The van der Waals surface area contributed by atoms with Gasteiger partial charge in [-0.2, -0.15) is 0 Å². The third-order valence-corrected chi connectivity index (χ3v) is 4.07. The monoisotopic (exact) mass is 279 g/mol. The van der Waals surface area contributed by atoms with Gasteiger partial charge in [-0.3, -0.25) is 0 Å². The van der Waals surface area contributed by atoms with Crippen LogP contribution in [0, 0.1) is 0 Å². The van der Waals surface area contributed by atoms with Gasteiger partial charge < -0.3 is 5.32 Å². The van der Waals surface area contributed by atoms with E-state index in [4.69, 9.17) is 0 Å². The Balaban J connectivity index is 2.35. The molecule has 0 saturated carbocycles. The molecule has 0 heterocycles. The standard InChI is InChI=1S/C17H29NS/c1-5-6-7-8-12-19-16-11-9-10-15(13-16)14-18-17(2,3)4/h9-11,13,18H,5-8,12,14H2,1-4H3. The van der Waals surface area contributed by atoms with Crippen LogP contribution < -0.4 is 5.32 Å². The molecule has 2 heteroatoms. The summed E-state index contributed by atoms with van der Waals surface area (Å²) >= 11 is 1.99. The third kappa shape index (κ3) is 8.33. The van der Waals surface area contributed by atoms with Crippen molar-refractivity contribution in [2.45, 2.75) is 70.4 Å². The molecule has 108 valence electrons. The van der Waals surface area contributed by atoms with Crippen LogP contribution in [0.2, 0.25) is 0 Å². The molecule has 0 radical (unpaired) electrons. The molecule has 0 aliphatic rings. The second-order valence-electron chi connectivity index (χ2n) is 6.16. The lowest BCUT2D eigenvalue weighted by Gasteiger charge is -2.20. The van der Waals surface area contributed by atoms with Crippen molar-refractivity contribution in [2.75, 3.05) is 5.75 Å². The lowest BCUT2D eigenvalue weighted by molar-refractivity contribution is 0.424. The molecular formula is C17H29NS. The van der Waals surface area contributed by atoms with Crippen LogP contribution in [0.4, 0.5) is 0 Å². The lowest BCUT2D eigenvalue weighted by Crippen LogP contribution is -2.35. The van der Waals surface area contributed by atoms with Crippen LogP contribution in [0.25, 0.3) is 0 Å². The summed E-state index contributed by atoms with van der Waals surface area (Å²) in [4.78, 5) is 1.41. The van der Waals surface area contributed by atoms with Crippen molar-refractivity contribution in [3.63, 3.8) is 0 Å². The van der Waals surface area contributed by atoms with Crippen molar-refractivity contribution in [1.82, 2.24) is 5.32 Å². The van der Waals surface area contributed by atoms with Gasteiger partial charge in [-0.15, -0.1) is 11.8 Å². The second-order valence-corrected chi connectivity index (χ2v) is 7.33. The number of thioether (sulfide) groups is 1. The summed E-state index contributed by atoms with van der Waals surface area (Å²) in [6, 6.07) is 8.93. The van der Waals surface area contributed by atoms with Crippen molar-refractivity contribution in [3.05, 3.63) is 29.8 Å². The average molecular weight is 279 g/mol. The zero-order valence-corrected chi connectivity index (χ0v) is 13.8. The molecule has 0 amide bonds. The van der Waals surface area contributed by atoms with E-state index in [0.29, 0.717) is 0 Å². The highest BCUT2D eigenvalue weighted by molar-refractivity contribution is 7.99. The molecule has 0 aliphatic carbocycles. The summed E-state index contributed by atoms with van der Waals surface area (Å²) in [5.41, 5.74) is 1.57. The molecule has 0 aliphatic heterocycles. The lowest BCUT2D eigenvalue weighted by atomic mass is 10.1. The Morgan fingerprint density at radius 3 is 2.58 bits per heavy atom. The quantitative estimate of drug-likeness (QED) is 0.515. The third-order valence-electron chi connectivity index (χ3n) is 2.99. The maximum Gasteiger partial charge on any atom is 0.0210 e. The van der Waals surface area contributed by atoms with Gasteiger partial charge >= 0.3 is 0 Å². The highest BCUT2D eigenvalue weighted by atomic mass is 32.2. The van der Waals surface area contributed by atoms with Crippen molar-refractivity contribution < 1.29 is 0 Å². The van der Waals surface area contributed by atoms with Crippen LogP contribution >= 0.6 is 11.8 Å². The highest BCUT2D eigenvalue weighted by Crippen LogP contribution is 2.21. The van der Waals surface area contributed by atoms with E-state index in [1.54, 1.807) is 0 Å². The largest absolute Gasteiger partial charge is 0.308 e. The van der Waals surface area contributed by atoms with Crippen molar-refractivity contribution in [2.24, 2.45) is 0 Å². The fourth-order valence-electron chi connectivity index (χ4n) is 1.83. The van der Waals surface area contributed by atoms with E-state index in [1.807, 2.05) is 11.8 Å². The number of unbranched alkanes of at least 4 members (excludes halogenated alkanes) is 3. The maximum absolute atomic E-state index is 3.54. The minimum atomic E-state index is 0.184. The van der Waals surface area contributed by atoms with Gasteiger partial charge in [0.15, 0.2) is 0 Å². The maximum atomic E-state index is 3.54. The van der Waals surface area contributed by atoms with E-state index >= 15 is 0 Å². The van der Waals surface area contributed by atoms with Gasteiger partial charge in [-0.1, -0.05) is 38.3 Å². The first-order valence-electron chi connectivity index (χ1n) is 7.48. The van der Waals surface area contributed by atoms with Gasteiger partial charge in [0, 0.05) is 17.0 Å². The highest BCUT2D eigenvalue weighted by Gasteiger charge is 2.08. The van der Waals surface area contributed by atoms with Crippen molar-refractivity contribution in [3.8, 4) is 0 Å². The zero-order valence-electron chi connectivity index (χ0n) is 13.0. The topological polar surface area (TPSA) is 12.0 Å². The molecular weight excluding hydrogens is 250 g/mol. The normalized spacial score (nSPS) is 11.8. The summed E-state index contributed by atoms with van der Waals surface area (Å²) < 4.78 is 0. The molecule has 0 atom stereocenters. The van der Waals surface area contributed by atoms with Crippen LogP contribution in [0.1, 0.15) is 58.9 Å². The second kappa shape index (κ2) is 8.65. The molecule has 1 rings (SSSR count). The minimum Gasteiger partial charge on any atom is -0.308 e. The number of hydrogen-bond donors (Lipinski definition) is 1. The minimum absolute atomic E-state index is 0.184. The Bertz CT molecular complexity index is 355. The molecule has 0 saturated heterocycles. The zero-order chi connectivity index (χ0) is 14.1. The Morgan fingerprint density at radius 1 is 1.11 bits per heavy atom. The molecule has 0 unspecified atom stereocenters. The van der Waals surface area contributed by atoms with Crippen molar-refractivity contribution >= 4 is 11.8 Å². The van der Waals surface area contributed by atoms with Crippen LogP contribution in [-0.4, -0.2) is 11.3 Å². The van der Waals surface area contributed by atoms with Gasteiger partial charge in [0.05, 0.1) is 0 Å². The smallest absolute Gasteiger partial charge is 0.0210 e. The van der Waals surface area contributed by atoms with Crippen LogP contribution in [0.15, 0.2) is 29.2 Å². The Hall–Kier alpha value is -0.470. The number of rotatable bonds is 8. The van der Waals surface area contributed by atoms with E-state index in [0.717, 1.165) is 6.54 Å². The van der Waals surface area contributed by atoms with E-state index in [1.165, 1.54) is 41.9 Å². The van der Waals surface area contributed by atoms with Crippen LogP contribution in [0.5, 0.6) is 0 Å². The summed E-state index contributed by atoms with van der Waals surface area (Å²) in [5.74, 6) is 1.25. The summed E-state index contributed by atoms with van der Waals surface area (Å²) in [5, 5.41) is 3.54. The van der Waals surface area contributed by atoms with Crippen LogP contribution in [0.3, 0.4) is 0 Å². The summed E-state index contributed by atoms with van der Waals surface area (Å²) in [7, 11) is 0. The molecule has 0 fully saturated rings. The van der Waals surface area contributed by atoms with E-state index in [2.05, 4.69) is 57.3 Å². The average Bonchev–Trinajstić information content (AvgIpc) is 2.36. The van der Waals surface area contributed by atoms with E-state index < -0.39 is 0 Å². The van der Waals surface area contributed by atoms with E-state index in [9.17, 15) is 0 Å². The van der Waals surface area contributed by atoms with Gasteiger partial charge in [0.25, 0.3) is 0 Å². The van der Waals surface area contributed by atoms with Gasteiger partial charge in [0.2, 0.25) is 0 Å². The SMILES string of the molecule is CCCCCCSc1cccc(CNC(C)(C)C)c1. The number of benzene rings is 1. The molecule has 0 spiro atoms. The van der Waals surface area contributed by atoms with E-state index in [-0.39, 0.29) is 5.54 Å². The Labute approximate surface area is 123 Å². The molecule has 0 aromatic heterocycles. The van der Waals surface area contributed by atoms with Crippen LogP contribution in [-0.2, 0) is 6.54 Å². The molecule has 0 bridgehead atoms. The Morgan fingerprint density at radius 2 is 1.89 bits per heavy atom. The molecule has 1 aromatic rings. The first kappa shape index (κ1) is 16.6. The number of hydrogen-bond acceptors (Lipinski definition) is 2. The van der Waals surface area contributed by atoms with Gasteiger partial charge in [-0.05, 0) is 50.6 Å². The fourth-order valence-corrected chi connectivity index (χ4v) is 2.82. The van der Waals surface area contributed by atoms with Gasteiger partial charge in [-0.25, -0.2) is 0 Å². The number of nitrogens with one attached hydrogen (secondary N) is 1. The van der Waals surface area contributed by atoms with Crippen molar-refractivity contribution in [1.29, 1.82) is 0 Å². The molecule has 19 heavy (non-hydrogen) atoms. The first-order valence-corrected chi connectivity index (χ1v) is 8.46. The first-order chi connectivity index (χ1) is 9.01.